The third-order valence-electron chi connectivity index (χ3n) is 3.36. The van der Waals surface area contributed by atoms with Gasteiger partial charge in [-0.3, -0.25) is 9.59 Å². The minimum absolute atomic E-state index is 0.0564. The zero-order valence-electron chi connectivity index (χ0n) is 13.8. The Hall–Kier alpha value is -2.09. The van der Waals surface area contributed by atoms with Crippen LogP contribution < -0.4 is 10.6 Å². The Labute approximate surface area is 138 Å². The van der Waals surface area contributed by atoms with Crippen molar-refractivity contribution < 1.29 is 27.9 Å². The number of hydrogen-bond donors (Lipinski definition) is 3. The number of aliphatic hydroxyl groups is 1. The van der Waals surface area contributed by atoms with Gasteiger partial charge in [0.1, 0.15) is 0 Å². The molecule has 8 heteroatoms. The molecule has 0 saturated heterocycles. The Balaban J connectivity index is 3.04. The lowest BCUT2D eigenvalue weighted by molar-refractivity contribution is -0.137. The molecular formula is C16H21F3N2O3. The van der Waals surface area contributed by atoms with Gasteiger partial charge in [0.2, 0.25) is 5.91 Å². The number of alkyl halides is 3. The highest BCUT2D eigenvalue weighted by atomic mass is 19.4. The van der Waals surface area contributed by atoms with E-state index in [4.69, 9.17) is 5.11 Å². The van der Waals surface area contributed by atoms with Gasteiger partial charge in [0, 0.05) is 31.3 Å². The molecule has 5 nitrogen and oxygen atoms in total. The molecule has 24 heavy (non-hydrogen) atoms. The predicted octanol–water partition coefficient (Wildman–Crippen LogP) is 2.80. The molecule has 2 amide bonds. The van der Waals surface area contributed by atoms with Crippen molar-refractivity contribution >= 4 is 17.5 Å². The molecule has 1 aromatic carbocycles. The summed E-state index contributed by atoms with van der Waals surface area (Å²) in [6.07, 6.45) is -4.20. The minimum Gasteiger partial charge on any atom is -0.396 e. The van der Waals surface area contributed by atoms with E-state index in [0.717, 1.165) is 19.1 Å². The topological polar surface area (TPSA) is 78.4 Å². The highest BCUT2D eigenvalue weighted by Gasteiger charge is 2.32. The first-order chi connectivity index (χ1) is 10.9. The lowest BCUT2D eigenvalue weighted by Gasteiger charge is -2.24. The summed E-state index contributed by atoms with van der Waals surface area (Å²) in [5, 5.41) is 13.8. The van der Waals surface area contributed by atoms with Crippen molar-refractivity contribution in [2.75, 3.05) is 18.5 Å². The number of hydrogen-bond acceptors (Lipinski definition) is 3. The van der Waals surface area contributed by atoms with E-state index in [1.54, 1.807) is 0 Å². The van der Waals surface area contributed by atoms with Gasteiger partial charge in [0.15, 0.2) is 0 Å². The summed E-state index contributed by atoms with van der Waals surface area (Å²) in [6, 6.07) is 2.69. The summed E-state index contributed by atoms with van der Waals surface area (Å²) in [5.74, 6) is -1.22. The van der Waals surface area contributed by atoms with E-state index in [0.29, 0.717) is 6.42 Å². The average molecular weight is 346 g/mol. The molecule has 1 aromatic rings. The van der Waals surface area contributed by atoms with E-state index in [-0.39, 0.29) is 24.4 Å². The van der Waals surface area contributed by atoms with Crippen LogP contribution >= 0.6 is 0 Å². The van der Waals surface area contributed by atoms with Crippen molar-refractivity contribution in [3.63, 3.8) is 0 Å². The predicted molar refractivity (Wildman–Crippen MR) is 83.6 cm³/mol. The quantitative estimate of drug-likeness (QED) is 0.741. The average Bonchev–Trinajstić information content (AvgIpc) is 2.42. The Morgan fingerprint density at radius 2 is 1.79 bits per heavy atom. The van der Waals surface area contributed by atoms with Gasteiger partial charge in [-0.2, -0.15) is 13.2 Å². The number of carbonyl (C=O) groups excluding carboxylic acids is 2. The van der Waals surface area contributed by atoms with Gasteiger partial charge in [-0.05, 0) is 30.0 Å². The van der Waals surface area contributed by atoms with Gasteiger partial charge in [0.25, 0.3) is 5.91 Å². The lowest BCUT2D eigenvalue weighted by atomic mass is 9.89. The van der Waals surface area contributed by atoms with Crippen molar-refractivity contribution in [1.29, 1.82) is 0 Å². The van der Waals surface area contributed by atoms with Gasteiger partial charge in [-0.15, -0.1) is 0 Å². The first kappa shape index (κ1) is 20.0. The molecule has 0 aliphatic rings. The Bertz CT molecular complexity index is 613. The fourth-order valence-corrected chi connectivity index (χ4v) is 2.01. The highest BCUT2D eigenvalue weighted by molar-refractivity contribution is 5.97. The zero-order valence-corrected chi connectivity index (χ0v) is 13.8. The largest absolute Gasteiger partial charge is 0.416 e. The fourth-order valence-electron chi connectivity index (χ4n) is 2.01. The summed E-state index contributed by atoms with van der Waals surface area (Å²) < 4.78 is 38.9. The van der Waals surface area contributed by atoms with Crippen molar-refractivity contribution in [2.45, 2.75) is 33.4 Å². The molecule has 0 atom stereocenters. The molecule has 1 rings (SSSR count). The second kappa shape index (κ2) is 7.65. The lowest BCUT2D eigenvalue weighted by Crippen LogP contribution is -2.34. The normalized spacial score (nSPS) is 12.0. The summed E-state index contributed by atoms with van der Waals surface area (Å²) in [6.45, 7) is 4.94. The van der Waals surface area contributed by atoms with Gasteiger partial charge >= 0.3 is 6.18 Å². The number of amides is 2. The van der Waals surface area contributed by atoms with Crippen LogP contribution in [0.25, 0.3) is 0 Å². The third kappa shape index (κ3) is 6.19. The molecule has 0 unspecified atom stereocenters. The summed E-state index contributed by atoms with van der Waals surface area (Å²) in [7, 11) is 0. The molecule has 0 radical (unpaired) electrons. The molecule has 0 spiro atoms. The van der Waals surface area contributed by atoms with E-state index >= 15 is 0 Å². The maximum absolute atomic E-state index is 13.0. The summed E-state index contributed by atoms with van der Waals surface area (Å²) >= 11 is 0. The van der Waals surface area contributed by atoms with Crippen molar-refractivity contribution in [3.8, 4) is 0 Å². The summed E-state index contributed by atoms with van der Waals surface area (Å²) in [5.41, 5.74) is -1.72. The number of carbonyl (C=O) groups is 2. The maximum atomic E-state index is 13.0. The van der Waals surface area contributed by atoms with Crippen LogP contribution in [0.15, 0.2) is 18.2 Å². The van der Waals surface area contributed by atoms with E-state index < -0.39 is 29.0 Å². The van der Waals surface area contributed by atoms with Gasteiger partial charge in [-0.25, -0.2) is 0 Å². The summed E-state index contributed by atoms with van der Waals surface area (Å²) in [4.78, 5) is 23.2. The molecule has 0 aliphatic heterocycles. The molecule has 0 saturated carbocycles. The number of halogens is 3. The van der Waals surface area contributed by atoms with Gasteiger partial charge in [0.05, 0.1) is 5.56 Å². The Morgan fingerprint density at radius 3 is 2.29 bits per heavy atom. The number of benzene rings is 1. The van der Waals surface area contributed by atoms with Crippen molar-refractivity contribution in [3.05, 3.63) is 29.3 Å². The van der Waals surface area contributed by atoms with E-state index in [2.05, 4.69) is 10.6 Å². The van der Waals surface area contributed by atoms with E-state index in [1.807, 2.05) is 13.8 Å². The molecule has 134 valence electrons. The molecule has 0 aliphatic carbocycles. The second-order valence-corrected chi connectivity index (χ2v) is 6.30. The zero-order chi connectivity index (χ0) is 18.5. The number of nitrogens with one attached hydrogen (secondary N) is 2. The standard InChI is InChI=1S/C16H21F3N2O3/c1-10(23)21-13-7-11(6-12(8-13)16(17,18)19)14(24)20-9-15(2,3)4-5-22/h6-8,22H,4-5,9H2,1-3H3,(H,20,24)(H,21,23). The number of aliphatic hydroxyl groups excluding tert-OH is 1. The molecule has 0 fully saturated rings. The van der Waals surface area contributed by atoms with Crippen molar-refractivity contribution in [1.82, 2.24) is 5.32 Å². The smallest absolute Gasteiger partial charge is 0.396 e. The fraction of sp³-hybridized carbons (Fsp3) is 0.500. The van der Waals surface area contributed by atoms with E-state index in [1.165, 1.54) is 6.07 Å². The minimum atomic E-state index is -4.64. The van der Waals surface area contributed by atoms with Crippen LogP contribution in [-0.2, 0) is 11.0 Å². The van der Waals surface area contributed by atoms with Crippen LogP contribution in [-0.4, -0.2) is 30.1 Å². The first-order valence-corrected chi connectivity index (χ1v) is 7.33. The molecule has 0 bridgehead atoms. The first-order valence-electron chi connectivity index (χ1n) is 7.33. The Kier molecular flexibility index (Phi) is 6.36. The van der Waals surface area contributed by atoms with Crippen LogP contribution in [0, 0.1) is 5.41 Å². The van der Waals surface area contributed by atoms with Crippen LogP contribution in [0.3, 0.4) is 0 Å². The molecule has 0 heterocycles. The van der Waals surface area contributed by atoms with Crippen LogP contribution in [0.4, 0.5) is 18.9 Å². The Morgan fingerprint density at radius 1 is 1.17 bits per heavy atom. The third-order valence-corrected chi connectivity index (χ3v) is 3.36. The second-order valence-electron chi connectivity index (χ2n) is 6.30. The number of rotatable bonds is 6. The van der Waals surface area contributed by atoms with Crippen LogP contribution in [0.1, 0.15) is 43.1 Å². The van der Waals surface area contributed by atoms with Crippen LogP contribution in [0.5, 0.6) is 0 Å². The van der Waals surface area contributed by atoms with E-state index in [9.17, 15) is 22.8 Å². The monoisotopic (exact) mass is 346 g/mol. The number of anilines is 1. The molecule has 3 N–H and O–H groups in total. The molecule has 0 aromatic heterocycles. The van der Waals surface area contributed by atoms with Crippen LogP contribution in [0.2, 0.25) is 0 Å². The van der Waals surface area contributed by atoms with Gasteiger partial charge in [-0.1, -0.05) is 13.8 Å². The maximum Gasteiger partial charge on any atom is 0.416 e. The molecular weight excluding hydrogens is 325 g/mol. The van der Waals surface area contributed by atoms with Gasteiger partial charge < -0.3 is 15.7 Å². The SMILES string of the molecule is CC(=O)Nc1cc(C(=O)NCC(C)(C)CCO)cc(C(F)(F)F)c1. The van der Waals surface area contributed by atoms with Crippen molar-refractivity contribution in [2.24, 2.45) is 5.41 Å². The highest BCUT2D eigenvalue weighted by Crippen LogP contribution is 2.32.